The maximum absolute atomic E-state index is 10.8. The molecule has 88 valence electrons. The molecule has 1 aromatic carbocycles. The Kier molecular flexibility index (Phi) is 4.99. The Balaban J connectivity index is 2.99. The summed E-state index contributed by atoms with van der Waals surface area (Å²) in [5, 5.41) is 11.2. The van der Waals surface area contributed by atoms with Crippen LogP contribution in [0.25, 0.3) is 0 Å². The maximum atomic E-state index is 10.8. The minimum Gasteiger partial charge on any atom is -0.377 e. The average molecular weight is 264 g/mol. The molecule has 0 radical (unpaired) electrons. The van der Waals surface area contributed by atoms with Gasteiger partial charge in [-0.15, -0.1) is 0 Å². The lowest BCUT2D eigenvalue weighted by atomic mass is 10.2. The lowest BCUT2D eigenvalue weighted by Crippen LogP contribution is -2.00. The van der Waals surface area contributed by atoms with Gasteiger partial charge in [-0.3, -0.25) is 10.1 Å². The fraction of sp³-hybridized carbons (Fsp3) is 0.400. The highest BCUT2D eigenvalue weighted by atomic mass is 35.5. The van der Waals surface area contributed by atoms with Crippen molar-refractivity contribution >= 4 is 28.9 Å². The van der Waals surface area contributed by atoms with Gasteiger partial charge in [-0.2, -0.15) is 0 Å². The van der Waals surface area contributed by atoms with Crippen molar-refractivity contribution < 1.29 is 9.66 Å². The number of hydrogen-bond donors (Lipinski definition) is 0. The molecule has 0 bridgehead atoms. The molecular formula is C10H11Cl2NO3. The summed E-state index contributed by atoms with van der Waals surface area (Å²) in [5.41, 5.74) is 0.262. The summed E-state index contributed by atoms with van der Waals surface area (Å²) in [7, 11) is 0. The first-order valence-electron chi connectivity index (χ1n) is 4.76. The minimum atomic E-state index is -0.525. The van der Waals surface area contributed by atoms with Crippen molar-refractivity contribution in [3.63, 3.8) is 0 Å². The summed E-state index contributed by atoms with van der Waals surface area (Å²) >= 11 is 11.5. The van der Waals surface area contributed by atoms with Crippen molar-refractivity contribution in [2.24, 2.45) is 0 Å². The van der Waals surface area contributed by atoms with Gasteiger partial charge in [0.2, 0.25) is 0 Å². The highest BCUT2D eigenvalue weighted by Crippen LogP contribution is 2.32. The highest BCUT2D eigenvalue weighted by molar-refractivity contribution is 6.36. The van der Waals surface area contributed by atoms with Crippen LogP contribution in [0.5, 0.6) is 0 Å². The zero-order valence-electron chi connectivity index (χ0n) is 8.70. The van der Waals surface area contributed by atoms with Crippen LogP contribution in [0.3, 0.4) is 0 Å². The van der Waals surface area contributed by atoms with Gasteiger partial charge in [0.25, 0.3) is 5.69 Å². The molecule has 0 N–H and O–H groups in total. The van der Waals surface area contributed by atoms with E-state index in [-0.39, 0.29) is 17.3 Å². The van der Waals surface area contributed by atoms with E-state index in [9.17, 15) is 10.1 Å². The summed E-state index contributed by atoms with van der Waals surface area (Å²) in [6, 6.07) is 2.85. The fourth-order valence-electron chi connectivity index (χ4n) is 1.26. The molecule has 0 saturated heterocycles. The van der Waals surface area contributed by atoms with Crippen molar-refractivity contribution in [3.8, 4) is 0 Å². The van der Waals surface area contributed by atoms with Crippen LogP contribution in [0.2, 0.25) is 10.0 Å². The van der Waals surface area contributed by atoms with Gasteiger partial charge >= 0.3 is 0 Å². The van der Waals surface area contributed by atoms with Crippen LogP contribution in [0.15, 0.2) is 12.1 Å². The molecule has 0 saturated carbocycles. The molecule has 0 heterocycles. The van der Waals surface area contributed by atoms with Gasteiger partial charge in [-0.1, -0.05) is 30.1 Å². The van der Waals surface area contributed by atoms with Crippen LogP contribution in [-0.4, -0.2) is 11.5 Å². The molecule has 16 heavy (non-hydrogen) atoms. The standard InChI is InChI=1S/C10H11Cl2NO3/c1-2-3-16-6-7-4-8(11)5-9(12)10(7)13(14)15/h4-5H,2-3,6H2,1H3. The Hall–Kier alpha value is -0.840. The van der Waals surface area contributed by atoms with Crippen LogP contribution >= 0.6 is 23.2 Å². The third-order valence-electron chi connectivity index (χ3n) is 1.90. The summed E-state index contributed by atoms with van der Waals surface area (Å²) in [6.07, 6.45) is 0.849. The van der Waals surface area contributed by atoms with E-state index in [2.05, 4.69) is 0 Å². The minimum absolute atomic E-state index is 0.0348. The number of nitrogens with zero attached hydrogens (tertiary/aromatic N) is 1. The first-order chi connectivity index (χ1) is 7.56. The molecule has 0 aliphatic carbocycles. The maximum Gasteiger partial charge on any atom is 0.293 e. The number of nitro benzene ring substituents is 1. The Morgan fingerprint density at radius 2 is 2.12 bits per heavy atom. The van der Waals surface area contributed by atoms with Gasteiger partial charge in [0.15, 0.2) is 0 Å². The first-order valence-corrected chi connectivity index (χ1v) is 5.52. The molecule has 1 aromatic rings. The van der Waals surface area contributed by atoms with Crippen LogP contribution in [0.1, 0.15) is 18.9 Å². The third kappa shape index (κ3) is 3.33. The number of nitro groups is 1. The van der Waals surface area contributed by atoms with E-state index in [4.69, 9.17) is 27.9 Å². The zero-order chi connectivity index (χ0) is 12.1. The largest absolute Gasteiger partial charge is 0.377 e. The second-order valence-electron chi connectivity index (χ2n) is 3.21. The Morgan fingerprint density at radius 1 is 1.44 bits per heavy atom. The third-order valence-corrected chi connectivity index (χ3v) is 2.40. The predicted octanol–water partition coefficient (Wildman–Crippen LogP) is 3.83. The van der Waals surface area contributed by atoms with Crippen LogP contribution in [0, 0.1) is 10.1 Å². The quantitative estimate of drug-likeness (QED) is 0.461. The molecule has 6 heteroatoms. The van der Waals surface area contributed by atoms with Gasteiger partial charge in [-0.05, 0) is 18.6 Å². The second-order valence-corrected chi connectivity index (χ2v) is 4.05. The van der Waals surface area contributed by atoms with Crippen molar-refractivity contribution in [1.82, 2.24) is 0 Å². The monoisotopic (exact) mass is 263 g/mol. The molecule has 0 spiro atoms. The van der Waals surface area contributed by atoms with E-state index < -0.39 is 4.92 Å². The molecule has 1 rings (SSSR count). The molecule has 0 amide bonds. The number of benzene rings is 1. The van der Waals surface area contributed by atoms with E-state index >= 15 is 0 Å². The molecule has 4 nitrogen and oxygen atoms in total. The first kappa shape index (κ1) is 13.2. The Labute approximate surface area is 103 Å². The second kappa shape index (κ2) is 6.03. The normalized spacial score (nSPS) is 10.4. The SMILES string of the molecule is CCCOCc1cc(Cl)cc(Cl)c1[N+](=O)[O-]. The van der Waals surface area contributed by atoms with Gasteiger partial charge < -0.3 is 4.74 Å². The summed E-state index contributed by atoms with van der Waals surface area (Å²) in [6.45, 7) is 2.64. The summed E-state index contributed by atoms with van der Waals surface area (Å²) < 4.78 is 5.25. The molecule has 0 aliphatic rings. The Morgan fingerprint density at radius 3 is 2.69 bits per heavy atom. The molecule has 0 unspecified atom stereocenters. The molecule has 0 aromatic heterocycles. The average Bonchev–Trinajstić information content (AvgIpc) is 2.16. The zero-order valence-corrected chi connectivity index (χ0v) is 10.2. The summed E-state index contributed by atoms with van der Waals surface area (Å²) in [4.78, 5) is 10.3. The molecule has 0 fully saturated rings. The van der Waals surface area contributed by atoms with E-state index in [1.165, 1.54) is 12.1 Å². The van der Waals surface area contributed by atoms with E-state index in [1.54, 1.807) is 0 Å². The van der Waals surface area contributed by atoms with Crippen molar-refractivity contribution in [1.29, 1.82) is 0 Å². The van der Waals surface area contributed by atoms with Gasteiger partial charge in [0.05, 0.1) is 17.1 Å². The number of rotatable bonds is 5. The van der Waals surface area contributed by atoms with E-state index in [1.807, 2.05) is 6.92 Å². The van der Waals surface area contributed by atoms with E-state index in [0.717, 1.165) is 6.42 Å². The lowest BCUT2D eigenvalue weighted by molar-refractivity contribution is -0.385. The Bertz CT molecular complexity index is 396. The molecule has 0 atom stereocenters. The predicted molar refractivity (Wildman–Crippen MR) is 63.1 cm³/mol. The summed E-state index contributed by atoms with van der Waals surface area (Å²) in [5.74, 6) is 0. The lowest BCUT2D eigenvalue weighted by Gasteiger charge is -2.06. The van der Waals surface area contributed by atoms with Crippen LogP contribution < -0.4 is 0 Å². The van der Waals surface area contributed by atoms with Crippen molar-refractivity contribution in [3.05, 3.63) is 37.9 Å². The van der Waals surface area contributed by atoms with Gasteiger partial charge in [-0.25, -0.2) is 0 Å². The molecular weight excluding hydrogens is 253 g/mol. The smallest absolute Gasteiger partial charge is 0.293 e. The van der Waals surface area contributed by atoms with Crippen LogP contribution in [0.4, 0.5) is 5.69 Å². The number of hydrogen-bond acceptors (Lipinski definition) is 3. The van der Waals surface area contributed by atoms with Crippen molar-refractivity contribution in [2.75, 3.05) is 6.61 Å². The van der Waals surface area contributed by atoms with Gasteiger partial charge in [0.1, 0.15) is 5.02 Å². The number of halogens is 2. The molecule has 0 aliphatic heterocycles. The highest BCUT2D eigenvalue weighted by Gasteiger charge is 2.19. The van der Waals surface area contributed by atoms with Crippen LogP contribution in [-0.2, 0) is 11.3 Å². The number of ether oxygens (including phenoxy) is 1. The van der Waals surface area contributed by atoms with E-state index in [0.29, 0.717) is 17.2 Å². The topological polar surface area (TPSA) is 52.4 Å². The fourth-order valence-corrected chi connectivity index (χ4v) is 1.86. The van der Waals surface area contributed by atoms with Gasteiger partial charge in [0, 0.05) is 11.6 Å². The van der Waals surface area contributed by atoms with Crippen molar-refractivity contribution in [2.45, 2.75) is 20.0 Å².